The lowest BCUT2D eigenvalue weighted by Crippen LogP contribution is -2.49. The number of carbonyl (C=O) groups is 2. The number of pyridine rings is 1. The SMILES string of the molecule is Cc1ccc(N(C(=O)C2CCCCC2)C(C(=O)NC2CCCCC2)c2ccccn2)c(C)c1. The van der Waals surface area contributed by atoms with Crippen molar-refractivity contribution in [1.82, 2.24) is 10.3 Å². The molecule has 4 rings (SSSR count). The molecule has 1 heterocycles. The number of nitrogens with one attached hydrogen (secondary N) is 1. The van der Waals surface area contributed by atoms with Crippen LogP contribution < -0.4 is 10.2 Å². The van der Waals surface area contributed by atoms with Gasteiger partial charge in [-0.25, -0.2) is 0 Å². The smallest absolute Gasteiger partial charge is 0.249 e. The fourth-order valence-corrected chi connectivity index (χ4v) is 5.46. The third kappa shape index (κ3) is 5.63. The molecule has 0 radical (unpaired) electrons. The zero-order chi connectivity index (χ0) is 23.2. The summed E-state index contributed by atoms with van der Waals surface area (Å²) in [6.45, 7) is 4.08. The number of aryl methyl sites for hydroxylation is 2. The fraction of sp³-hybridized carbons (Fsp3) is 0.536. The van der Waals surface area contributed by atoms with Crippen molar-refractivity contribution in [2.75, 3.05) is 4.90 Å². The number of nitrogens with zero attached hydrogens (tertiary/aromatic N) is 2. The molecule has 5 nitrogen and oxygen atoms in total. The first kappa shape index (κ1) is 23.5. The van der Waals surface area contributed by atoms with Gasteiger partial charge in [0.2, 0.25) is 11.8 Å². The van der Waals surface area contributed by atoms with Gasteiger partial charge in [-0.1, -0.05) is 62.3 Å². The van der Waals surface area contributed by atoms with Crippen LogP contribution in [0, 0.1) is 19.8 Å². The van der Waals surface area contributed by atoms with Gasteiger partial charge in [-0.05, 0) is 63.3 Å². The maximum atomic E-state index is 14.1. The van der Waals surface area contributed by atoms with Crippen molar-refractivity contribution in [3.63, 3.8) is 0 Å². The summed E-state index contributed by atoms with van der Waals surface area (Å²) in [5.74, 6) is -0.117. The van der Waals surface area contributed by atoms with E-state index in [-0.39, 0.29) is 23.8 Å². The average molecular weight is 448 g/mol. The summed E-state index contributed by atoms with van der Waals surface area (Å²) in [5, 5.41) is 3.28. The Hall–Kier alpha value is -2.69. The predicted molar refractivity (Wildman–Crippen MR) is 132 cm³/mol. The van der Waals surface area contributed by atoms with E-state index in [2.05, 4.69) is 23.3 Å². The number of benzene rings is 1. The summed E-state index contributed by atoms with van der Waals surface area (Å²) < 4.78 is 0. The average Bonchev–Trinajstić information content (AvgIpc) is 2.84. The Morgan fingerprint density at radius 2 is 1.64 bits per heavy atom. The van der Waals surface area contributed by atoms with Gasteiger partial charge >= 0.3 is 0 Å². The summed E-state index contributed by atoms with van der Waals surface area (Å²) in [5.41, 5.74) is 3.58. The maximum absolute atomic E-state index is 14.1. The van der Waals surface area contributed by atoms with Crippen molar-refractivity contribution in [1.29, 1.82) is 0 Å². The highest BCUT2D eigenvalue weighted by atomic mass is 16.2. The van der Waals surface area contributed by atoms with Gasteiger partial charge in [-0.15, -0.1) is 0 Å². The minimum absolute atomic E-state index is 0.0480. The van der Waals surface area contributed by atoms with E-state index >= 15 is 0 Å². The van der Waals surface area contributed by atoms with Crippen molar-refractivity contribution < 1.29 is 9.59 Å². The molecular weight excluding hydrogens is 410 g/mol. The number of amides is 2. The van der Waals surface area contributed by atoms with E-state index in [1.54, 1.807) is 11.1 Å². The largest absolute Gasteiger partial charge is 0.351 e. The van der Waals surface area contributed by atoms with Crippen LogP contribution in [0.5, 0.6) is 0 Å². The Balaban J connectivity index is 1.76. The maximum Gasteiger partial charge on any atom is 0.249 e. The zero-order valence-corrected chi connectivity index (χ0v) is 20.1. The van der Waals surface area contributed by atoms with Crippen LogP contribution in [-0.2, 0) is 9.59 Å². The van der Waals surface area contributed by atoms with Crippen LogP contribution >= 0.6 is 0 Å². The topological polar surface area (TPSA) is 62.3 Å². The molecule has 0 spiro atoms. The van der Waals surface area contributed by atoms with Crippen molar-refractivity contribution >= 4 is 17.5 Å². The highest BCUT2D eigenvalue weighted by molar-refractivity contribution is 6.02. The second kappa shape index (κ2) is 11.0. The lowest BCUT2D eigenvalue weighted by Gasteiger charge is -2.36. The summed E-state index contributed by atoms with van der Waals surface area (Å²) in [6.07, 6.45) is 12.3. The van der Waals surface area contributed by atoms with E-state index in [0.717, 1.165) is 68.2 Å². The molecule has 0 bridgehead atoms. The summed E-state index contributed by atoms with van der Waals surface area (Å²) in [4.78, 5) is 34.2. The first-order chi connectivity index (χ1) is 16.0. The van der Waals surface area contributed by atoms with Crippen LogP contribution in [0.4, 0.5) is 5.69 Å². The monoisotopic (exact) mass is 447 g/mol. The third-order valence-corrected chi connectivity index (χ3v) is 7.23. The van der Waals surface area contributed by atoms with E-state index in [1.165, 1.54) is 12.8 Å². The van der Waals surface area contributed by atoms with Crippen LogP contribution in [0.1, 0.15) is 87.1 Å². The lowest BCUT2D eigenvalue weighted by molar-refractivity contribution is -0.129. The van der Waals surface area contributed by atoms with Gasteiger partial charge in [0.15, 0.2) is 6.04 Å². The molecule has 2 aromatic rings. The van der Waals surface area contributed by atoms with E-state index < -0.39 is 6.04 Å². The minimum atomic E-state index is -0.774. The summed E-state index contributed by atoms with van der Waals surface area (Å²) >= 11 is 0. The molecule has 2 saturated carbocycles. The molecular formula is C28H37N3O2. The van der Waals surface area contributed by atoms with Crippen LogP contribution in [0.3, 0.4) is 0 Å². The molecule has 0 saturated heterocycles. The second-order valence-electron chi connectivity index (χ2n) is 9.83. The Morgan fingerprint density at radius 1 is 0.939 bits per heavy atom. The van der Waals surface area contributed by atoms with Crippen molar-refractivity contribution in [2.24, 2.45) is 5.92 Å². The van der Waals surface area contributed by atoms with Crippen LogP contribution in [0.15, 0.2) is 42.6 Å². The Kier molecular flexibility index (Phi) is 7.79. The molecule has 176 valence electrons. The lowest BCUT2D eigenvalue weighted by atomic mass is 9.87. The molecule has 2 aliphatic carbocycles. The van der Waals surface area contributed by atoms with Crippen molar-refractivity contribution in [2.45, 2.75) is 90.1 Å². The van der Waals surface area contributed by atoms with Crippen LogP contribution in [0.25, 0.3) is 0 Å². The first-order valence-corrected chi connectivity index (χ1v) is 12.7. The van der Waals surface area contributed by atoms with E-state index in [0.29, 0.717) is 5.69 Å². The Bertz CT molecular complexity index is 947. The Labute approximate surface area is 198 Å². The number of hydrogen-bond donors (Lipinski definition) is 1. The van der Waals surface area contributed by atoms with E-state index in [1.807, 2.05) is 37.3 Å². The number of aromatic nitrogens is 1. The van der Waals surface area contributed by atoms with Gasteiger partial charge in [0.1, 0.15) is 0 Å². The highest BCUT2D eigenvalue weighted by Crippen LogP contribution is 2.35. The van der Waals surface area contributed by atoms with Gasteiger partial charge in [0.25, 0.3) is 0 Å². The molecule has 2 amide bonds. The fourth-order valence-electron chi connectivity index (χ4n) is 5.46. The van der Waals surface area contributed by atoms with Gasteiger partial charge in [0.05, 0.1) is 5.69 Å². The normalized spacial score (nSPS) is 18.5. The van der Waals surface area contributed by atoms with Crippen LogP contribution in [0.2, 0.25) is 0 Å². The third-order valence-electron chi connectivity index (χ3n) is 7.23. The second-order valence-corrected chi connectivity index (χ2v) is 9.83. The molecule has 1 aromatic carbocycles. The van der Waals surface area contributed by atoms with Gasteiger partial charge < -0.3 is 5.32 Å². The molecule has 1 N–H and O–H groups in total. The molecule has 1 unspecified atom stereocenters. The molecule has 33 heavy (non-hydrogen) atoms. The first-order valence-electron chi connectivity index (χ1n) is 12.7. The Morgan fingerprint density at radius 3 is 2.27 bits per heavy atom. The quantitative estimate of drug-likeness (QED) is 0.608. The molecule has 2 aliphatic rings. The van der Waals surface area contributed by atoms with Crippen LogP contribution in [-0.4, -0.2) is 22.8 Å². The summed E-state index contributed by atoms with van der Waals surface area (Å²) in [6, 6.07) is 11.1. The molecule has 0 aliphatic heterocycles. The van der Waals surface area contributed by atoms with Gasteiger partial charge in [-0.2, -0.15) is 0 Å². The van der Waals surface area contributed by atoms with E-state index in [4.69, 9.17) is 0 Å². The number of anilines is 1. The van der Waals surface area contributed by atoms with Crippen molar-refractivity contribution in [3.05, 3.63) is 59.4 Å². The molecule has 1 aromatic heterocycles. The van der Waals surface area contributed by atoms with E-state index in [9.17, 15) is 9.59 Å². The van der Waals surface area contributed by atoms with Gasteiger partial charge in [-0.3, -0.25) is 19.5 Å². The van der Waals surface area contributed by atoms with Gasteiger partial charge in [0, 0.05) is 23.8 Å². The number of hydrogen-bond acceptors (Lipinski definition) is 3. The summed E-state index contributed by atoms with van der Waals surface area (Å²) in [7, 11) is 0. The number of carbonyl (C=O) groups excluding carboxylic acids is 2. The van der Waals surface area contributed by atoms with Crippen molar-refractivity contribution in [3.8, 4) is 0 Å². The highest BCUT2D eigenvalue weighted by Gasteiger charge is 2.38. The molecule has 1 atom stereocenters. The molecule has 5 heteroatoms. The zero-order valence-electron chi connectivity index (χ0n) is 20.1. The predicted octanol–water partition coefficient (Wildman–Crippen LogP) is 5.80. The molecule has 2 fully saturated rings. The standard InChI is InChI=1S/C28H37N3O2/c1-20-16-17-25(21(2)19-20)31(28(33)22-11-5-3-6-12-22)26(24-15-9-10-18-29-24)27(32)30-23-13-7-4-8-14-23/h9-10,15-19,22-23,26H,3-8,11-14H2,1-2H3,(H,30,32). The number of rotatable bonds is 6. The minimum Gasteiger partial charge on any atom is -0.351 e.